The quantitative estimate of drug-likeness (QED) is 0.197. The molecule has 0 atom stereocenters. The van der Waals surface area contributed by atoms with Crippen LogP contribution in [0.15, 0.2) is 57.2 Å². The minimum absolute atomic E-state index is 0. The molecule has 43 heavy (non-hydrogen) atoms. The summed E-state index contributed by atoms with van der Waals surface area (Å²) in [5.41, 5.74) is 6.04. The Hall–Kier alpha value is -1.30. The van der Waals surface area contributed by atoms with Gasteiger partial charge in [-0.2, -0.15) is 8.42 Å². The van der Waals surface area contributed by atoms with Crippen LogP contribution in [-0.4, -0.2) is 45.6 Å². The van der Waals surface area contributed by atoms with E-state index in [0.29, 0.717) is 16.7 Å². The van der Waals surface area contributed by atoms with Crippen LogP contribution in [0.5, 0.6) is 0 Å². The molecule has 0 aliphatic heterocycles. The third-order valence-electron chi connectivity index (χ3n) is 6.56. The first kappa shape index (κ1) is 43.8. The van der Waals surface area contributed by atoms with E-state index in [9.17, 15) is 39.2 Å². The van der Waals surface area contributed by atoms with E-state index in [1.807, 2.05) is 13.8 Å². The van der Waals surface area contributed by atoms with Gasteiger partial charge < -0.3 is 18.4 Å². The summed E-state index contributed by atoms with van der Waals surface area (Å²) in [5, 5.41) is 8.27. The van der Waals surface area contributed by atoms with E-state index >= 15 is 0 Å². The fourth-order valence-corrected chi connectivity index (χ4v) is 6.12. The van der Waals surface area contributed by atoms with E-state index in [0.717, 1.165) is 27.8 Å². The molecule has 226 valence electrons. The fourth-order valence-electron chi connectivity index (χ4n) is 3.54. The first-order chi connectivity index (χ1) is 18.5. The van der Waals surface area contributed by atoms with Crippen LogP contribution in [-0.2, 0) is 34.5 Å². The zero-order valence-corrected chi connectivity index (χ0v) is 32.2. The van der Waals surface area contributed by atoms with E-state index < -0.39 is 36.5 Å². The van der Waals surface area contributed by atoms with Crippen molar-refractivity contribution in [1.82, 2.24) is 0 Å². The van der Waals surface area contributed by atoms with E-state index in [1.54, 1.807) is 59.7 Å². The van der Waals surface area contributed by atoms with Gasteiger partial charge in [-0.25, -0.2) is 21.6 Å². The fraction of sp³-hybridized carbons (Fsp3) is 0.296. The number of carboxylic acid groups (broad SMARTS) is 1. The van der Waals surface area contributed by atoms with Crippen LogP contribution in [0, 0.1) is 55.4 Å². The maximum absolute atomic E-state index is 11.4. The Balaban J connectivity index is 0. The molecule has 0 aromatic heterocycles. The van der Waals surface area contributed by atoms with Crippen LogP contribution in [0.2, 0.25) is 0 Å². The zero-order valence-electron chi connectivity index (χ0n) is 25.8. The van der Waals surface area contributed by atoms with Crippen molar-refractivity contribution in [2.24, 2.45) is 0 Å². The summed E-state index contributed by atoms with van der Waals surface area (Å²) in [6.07, 6.45) is -1.84. The molecule has 0 spiro atoms. The molecule has 3 aromatic rings. The first-order valence-corrected chi connectivity index (χ1v) is 16.0. The molecule has 0 heterocycles. The maximum atomic E-state index is 11.4. The Morgan fingerprint density at radius 2 is 0.907 bits per heavy atom. The molecule has 3 rings (SSSR count). The van der Waals surface area contributed by atoms with Gasteiger partial charge in [-0.15, -0.1) is 0 Å². The molecule has 0 saturated heterocycles. The summed E-state index contributed by atoms with van der Waals surface area (Å²) < 4.78 is 91.2. The van der Waals surface area contributed by atoms with Crippen LogP contribution < -0.4 is 59.1 Å². The number of benzene rings is 3. The number of hydrogen-bond donors (Lipinski definition) is 1. The Kier molecular flexibility index (Phi) is 17.7. The van der Waals surface area contributed by atoms with Crippen molar-refractivity contribution in [1.29, 1.82) is 0 Å². The third kappa shape index (κ3) is 12.5. The maximum Gasteiger partial charge on any atom is 1.00 e. The molecule has 16 heteroatoms. The molecule has 0 saturated carbocycles. The molecule has 0 radical (unpaired) electrons. The minimum Gasteiger partial charge on any atom is -0.744 e. The summed E-state index contributed by atoms with van der Waals surface area (Å²) in [4.78, 5) is 9.83. The molecule has 0 fully saturated rings. The first-order valence-electron chi connectivity index (χ1n) is 11.8. The monoisotopic (exact) mass is 674 g/mol. The van der Waals surface area contributed by atoms with E-state index in [1.165, 1.54) is 24.3 Å². The molecule has 0 bridgehead atoms. The van der Waals surface area contributed by atoms with Gasteiger partial charge in [-0.3, -0.25) is 0 Å². The predicted molar refractivity (Wildman–Crippen MR) is 149 cm³/mol. The normalized spacial score (nSPS) is 10.9. The van der Waals surface area contributed by atoms with Crippen molar-refractivity contribution in [3.8, 4) is 0 Å². The molecule has 0 amide bonds. The summed E-state index contributed by atoms with van der Waals surface area (Å²) in [5.74, 6) is 0. The van der Waals surface area contributed by atoms with E-state index in [2.05, 4.69) is 4.18 Å². The van der Waals surface area contributed by atoms with Gasteiger partial charge in [-0.05, 0) is 118 Å². The molecular weight excluding hydrogens is 642 g/mol. The van der Waals surface area contributed by atoms with E-state index in [4.69, 9.17) is 5.11 Å². The third-order valence-corrected chi connectivity index (χ3v) is 9.87. The van der Waals surface area contributed by atoms with E-state index in [-0.39, 0.29) is 73.8 Å². The average molecular weight is 675 g/mol. The van der Waals surface area contributed by atoms with Gasteiger partial charge in [0.15, 0.2) is 0 Å². The van der Waals surface area contributed by atoms with Crippen molar-refractivity contribution in [3.05, 3.63) is 87.0 Å². The summed E-state index contributed by atoms with van der Waals surface area (Å²) >= 11 is 0. The molecular formula is C27H32Na2O11S3. The molecule has 0 aliphatic rings. The Morgan fingerprint density at radius 1 is 0.558 bits per heavy atom. The topological polar surface area (TPSA) is 195 Å². The van der Waals surface area contributed by atoms with Crippen LogP contribution in [0.3, 0.4) is 0 Å². The summed E-state index contributed by atoms with van der Waals surface area (Å²) in [6, 6.07) is 10.6. The number of aryl methyl sites for hydroxylation is 3. The molecule has 0 unspecified atom stereocenters. The second kappa shape index (κ2) is 17.4. The number of carbonyl (C=O) groups is 1. The SMILES string of the molecule is Cc1ccc(S(=O)(=O)[O-])c(C)c1C.Cc1ccc(S(=O)(=O)[O-])c(C)c1C.Cc1cccc(S(=O)(=O)OC(=O)O)c1C.[Na+].[Na+]. The Bertz CT molecular complexity index is 1700. The second-order valence-corrected chi connectivity index (χ2v) is 13.4. The van der Waals surface area contributed by atoms with Crippen LogP contribution >= 0.6 is 0 Å². The van der Waals surface area contributed by atoms with Gasteiger partial charge in [-0.1, -0.05) is 24.3 Å². The predicted octanol–water partition coefficient (Wildman–Crippen LogP) is -1.27. The van der Waals surface area contributed by atoms with Crippen molar-refractivity contribution >= 4 is 36.5 Å². The smallest absolute Gasteiger partial charge is 0.744 e. The molecule has 1 N–H and O–H groups in total. The zero-order chi connectivity index (χ0) is 32.1. The Morgan fingerprint density at radius 3 is 1.23 bits per heavy atom. The number of hydrogen-bond acceptors (Lipinski definition) is 10. The van der Waals surface area contributed by atoms with Crippen molar-refractivity contribution in [3.63, 3.8) is 0 Å². The van der Waals surface area contributed by atoms with Gasteiger partial charge in [0.2, 0.25) is 0 Å². The largest absolute Gasteiger partial charge is 1.00 e. The molecule has 3 aromatic carbocycles. The van der Waals surface area contributed by atoms with Crippen molar-refractivity contribution in [2.75, 3.05) is 0 Å². The average Bonchev–Trinajstić information content (AvgIpc) is 2.81. The Labute approximate surface area is 298 Å². The minimum atomic E-state index is -4.32. The summed E-state index contributed by atoms with van der Waals surface area (Å²) in [7, 11) is -12.9. The van der Waals surface area contributed by atoms with Gasteiger partial charge in [0.1, 0.15) is 25.1 Å². The van der Waals surface area contributed by atoms with Gasteiger partial charge in [0.05, 0.1) is 9.79 Å². The second-order valence-electron chi connectivity index (χ2n) is 9.17. The summed E-state index contributed by atoms with van der Waals surface area (Å²) in [6.45, 7) is 14.0. The standard InChI is InChI=1S/C9H10O5S.2C9H12O3S.2Na/c1-6-4-3-5-8(7(6)2)15(12,13)14-9(10)11;2*1-6-4-5-9(13(10,11)12)8(3)7(6)2;;/h3-5H,1-2H3,(H,10,11);2*4-5H,1-3H3,(H,10,11,12);;/q;;;2*+1/p-2. The van der Waals surface area contributed by atoms with Gasteiger partial charge >= 0.3 is 75.4 Å². The van der Waals surface area contributed by atoms with Gasteiger partial charge in [0, 0.05) is 0 Å². The van der Waals surface area contributed by atoms with Crippen molar-refractivity contribution < 1.29 is 108 Å². The van der Waals surface area contributed by atoms with Crippen LogP contribution in [0.1, 0.15) is 44.5 Å². The molecule has 11 nitrogen and oxygen atoms in total. The van der Waals surface area contributed by atoms with Crippen LogP contribution in [0.25, 0.3) is 0 Å². The molecule has 0 aliphatic carbocycles. The van der Waals surface area contributed by atoms with Crippen LogP contribution in [0.4, 0.5) is 4.79 Å². The van der Waals surface area contributed by atoms with Crippen molar-refractivity contribution in [2.45, 2.75) is 70.1 Å². The van der Waals surface area contributed by atoms with Gasteiger partial charge in [0.25, 0.3) is 0 Å². The number of rotatable bonds is 4.